The second-order valence-corrected chi connectivity index (χ2v) is 6.39. The number of nitrogens with zero attached hydrogens (tertiary/aromatic N) is 2. The molecule has 2 aromatic rings. The molecule has 0 bridgehead atoms. The van der Waals surface area contributed by atoms with Crippen molar-refractivity contribution in [2.24, 2.45) is 0 Å². The van der Waals surface area contributed by atoms with Gasteiger partial charge in [-0.05, 0) is 31.9 Å². The van der Waals surface area contributed by atoms with Crippen molar-refractivity contribution in [2.75, 3.05) is 5.32 Å². The Morgan fingerprint density at radius 1 is 1.35 bits per heavy atom. The molecule has 1 saturated carbocycles. The zero-order valence-corrected chi connectivity index (χ0v) is 12.0. The first-order valence-electron chi connectivity index (χ1n) is 6.84. The second kappa shape index (κ2) is 4.31. The predicted molar refractivity (Wildman–Crippen MR) is 78.8 cm³/mol. The monoisotopic (exact) mass is 285 g/mol. The van der Waals surface area contributed by atoms with E-state index in [9.17, 15) is 4.79 Å². The maximum atomic E-state index is 12.8. The van der Waals surface area contributed by atoms with Crippen LogP contribution in [0, 0.1) is 6.92 Å². The summed E-state index contributed by atoms with van der Waals surface area (Å²) in [5.41, 5.74) is 2.62. The smallest absolute Gasteiger partial charge is 0.258 e. The van der Waals surface area contributed by atoms with E-state index in [4.69, 9.17) is 0 Å². The van der Waals surface area contributed by atoms with E-state index in [0.717, 1.165) is 34.8 Å². The normalized spacial score (nSPS) is 21.6. The van der Waals surface area contributed by atoms with Crippen LogP contribution in [0.5, 0.6) is 0 Å². The minimum absolute atomic E-state index is 0.123. The van der Waals surface area contributed by atoms with Crippen LogP contribution in [0.2, 0.25) is 0 Å². The molecule has 20 heavy (non-hydrogen) atoms. The summed E-state index contributed by atoms with van der Waals surface area (Å²) in [7, 11) is 0. The molecule has 1 fully saturated rings. The van der Waals surface area contributed by atoms with Gasteiger partial charge in [0.25, 0.3) is 5.91 Å². The first-order chi connectivity index (χ1) is 9.74. The molecule has 1 aromatic carbocycles. The van der Waals surface area contributed by atoms with Gasteiger partial charge in [-0.3, -0.25) is 4.79 Å². The number of aryl methyl sites for hydroxylation is 1. The molecular weight excluding hydrogens is 270 g/mol. The third-order valence-electron chi connectivity index (χ3n) is 3.82. The lowest BCUT2D eigenvalue weighted by Gasteiger charge is -2.37. The fraction of sp³-hybridized carbons (Fsp3) is 0.333. The Labute approximate surface area is 121 Å². The summed E-state index contributed by atoms with van der Waals surface area (Å²) in [4.78, 5) is 19.3. The highest BCUT2D eigenvalue weighted by Crippen LogP contribution is 2.40. The molecule has 1 aliphatic heterocycles. The van der Waals surface area contributed by atoms with Crippen LogP contribution >= 0.6 is 11.3 Å². The fourth-order valence-electron chi connectivity index (χ4n) is 2.72. The molecule has 0 spiro atoms. The summed E-state index contributed by atoms with van der Waals surface area (Å²) in [5, 5.41) is 6.55. The Bertz CT molecular complexity index is 677. The number of amides is 1. The number of fused-ring (bicyclic) bond motifs is 1. The highest BCUT2D eigenvalue weighted by Gasteiger charge is 2.42. The summed E-state index contributed by atoms with van der Waals surface area (Å²) in [6, 6.07) is 8.08. The van der Waals surface area contributed by atoms with Crippen LogP contribution in [0.3, 0.4) is 0 Å². The minimum Gasteiger partial charge on any atom is -0.359 e. The maximum absolute atomic E-state index is 12.8. The van der Waals surface area contributed by atoms with E-state index in [1.165, 1.54) is 0 Å². The number of anilines is 1. The Morgan fingerprint density at radius 2 is 2.15 bits per heavy atom. The van der Waals surface area contributed by atoms with Crippen LogP contribution in [0.15, 0.2) is 29.6 Å². The first kappa shape index (κ1) is 11.9. The molecule has 0 unspecified atom stereocenters. The molecule has 1 amide bonds. The molecule has 0 radical (unpaired) electrons. The zero-order valence-electron chi connectivity index (χ0n) is 11.2. The lowest BCUT2D eigenvalue weighted by Crippen LogP contribution is -2.44. The summed E-state index contributed by atoms with van der Waals surface area (Å²) in [5.74, 6) is 0.123. The highest BCUT2D eigenvalue weighted by molar-refractivity contribution is 7.09. The third kappa shape index (κ3) is 1.81. The number of hydrogen-bond acceptors (Lipinski definition) is 4. The molecule has 1 N–H and O–H groups in total. The number of hydrogen-bond donors (Lipinski definition) is 1. The van der Waals surface area contributed by atoms with Crippen LogP contribution < -0.4 is 5.32 Å². The van der Waals surface area contributed by atoms with Gasteiger partial charge in [-0.2, -0.15) is 0 Å². The van der Waals surface area contributed by atoms with Crippen molar-refractivity contribution in [1.82, 2.24) is 9.88 Å². The largest absolute Gasteiger partial charge is 0.359 e. The number of thiazole rings is 1. The van der Waals surface area contributed by atoms with Crippen molar-refractivity contribution in [3.05, 3.63) is 45.9 Å². The minimum atomic E-state index is -0.130. The van der Waals surface area contributed by atoms with Crippen molar-refractivity contribution in [3.63, 3.8) is 0 Å². The molecule has 4 nitrogen and oxygen atoms in total. The van der Waals surface area contributed by atoms with Gasteiger partial charge in [0.1, 0.15) is 6.17 Å². The van der Waals surface area contributed by atoms with Gasteiger partial charge in [-0.15, -0.1) is 11.3 Å². The summed E-state index contributed by atoms with van der Waals surface area (Å²) in [6.45, 7) is 1.99. The average Bonchev–Trinajstić information content (AvgIpc) is 3.20. The molecular formula is C15H15N3OS. The van der Waals surface area contributed by atoms with E-state index in [1.54, 1.807) is 11.3 Å². The zero-order chi connectivity index (χ0) is 13.7. The number of benzene rings is 1. The molecule has 102 valence electrons. The maximum Gasteiger partial charge on any atom is 0.258 e. The second-order valence-electron chi connectivity index (χ2n) is 5.33. The predicted octanol–water partition coefficient (Wildman–Crippen LogP) is 3.18. The van der Waals surface area contributed by atoms with Crippen LogP contribution in [0.4, 0.5) is 5.69 Å². The average molecular weight is 285 g/mol. The van der Waals surface area contributed by atoms with Crippen molar-refractivity contribution < 1.29 is 4.79 Å². The molecule has 5 heteroatoms. The Balaban J connectivity index is 1.80. The quantitative estimate of drug-likeness (QED) is 0.921. The van der Waals surface area contributed by atoms with E-state index in [-0.39, 0.29) is 12.1 Å². The van der Waals surface area contributed by atoms with E-state index >= 15 is 0 Å². The SMILES string of the molecule is Cc1nc([C@@H]2Nc3ccccc3C(=O)N2C2CC2)cs1. The molecule has 1 atom stereocenters. The third-order valence-corrected chi connectivity index (χ3v) is 4.61. The van der Waals surface area contributed by atoms with Gasteiger partial charge in [0.15, 0.2) is 0 Å². The van der Waals surface area contributed by atoms with Gasteiger partial charge in [0.2, 0.25) is 0 Å². The number of para-hydroxylation sites is 1. The lowest BCUT2D eigenvalue weighted by atomic mass is 10.1. The van der Waals surface area contributed by atoms with Gasteiger partial charge >= 0.3 is 0 Å². The standard InChI is InChI=1S/C15H15N3OS/c1-9-16-13(8-20-9)14-17-12-5-3-2-4-11(12)15(19)18(14)10-6-7-10/h2-5,8,10,14,17H,6-7H2,1H3/t14-/m1/s1. The van der Waals surface area contributed by atoms with Crippen molar-refractivity contribution in [1.29, 1.82) is 0 Å². The van der Waals surface area contributed by atoms with Gasteiger partial charge in [0, 0.05) is 17.1 Å². The number of carbonyl (C=O) groups excluding carboxylic acids is 1. The topological polar surface area (TPSA) is 45.2 Å². The van der Waals surface area contributed by atoms with Crippen LogP contribution in [-0.4, -0.2) is 21.8 Å². The molecule has 2 heterocycles. The van der Waals surface area contributed by atoms with E-state index < -0.39 is 0 Å². The van der Waals surface area contributed by atoms with Crippen LogP contribution in [-0.2, 0) is 0 Å². The molecule has 1 aromatic heterocycles. The Kier molecular flexibility index (Phi) is 2.57. The van der Waals surface area contributed by atoms with Gasteiger partial charge < -0.3 is 10.2 Å². The van der Waals surface area contributed by atoms with Crippen molar-refractivity contribution >= 4 is 22.9 Å². The molecule has 0 saturated heterocycles. The van der Waals surface area contributed by atoms with Gasteiger partial charge in [-0.1, -0.05) is 12.1 Å². The lowest BCUT2D eigenvalue weighted by molar-refractivity contribution is 0.0663. The Morgan fingerprint density at radius 3 is 2.85 bits per heavy atom. The van der Waals surface area contributed by atoms with Crippen LogP contribution in [0.1, 0.15) is 40.1 Å². The van der Waals surface area contributed by atoms with Crippen molar-refractivity contribution in [2.45, 2.75) is 32.0 Å². The highest BCUT2D eigenvalue weighted by atomic mass is 32.1. The van der Waals surface area contributed by atoms with Crippen molar-refractivity contribution in [3.8, 4) is 0 Å². The summed E-state index contributed by atoms with van der Waals surface area (Å²) in [6.07, 6.45) is 2.06. The molecule has 1 aliphatic carbocycles. The number of nitrogens with one attached hydrogen (secondary N) is 1. The fourth-order valence-corrected chi connectivity index (χ4v) is 3.35. The van der Waals surface area contributed by atoms with Gasteiger partial charge in [0.05, 0.1) is 16.3 Å². The van der Waals surface area contributed by atoms with E-state index in [0.29, 0.717) is 6.04 Å². The van der Waals surface area contributed by atoms with E-state index in [2.05, 4.69) is 10.3 Å². The first-order valence-corrected chi connectivity index (χ1v) is 7.72. The molecule has 4 rings (SSSR count). The molecule has 2 aliphatic rings. The van der Waals surface area contributed by atoms with E-state index in [1.807, 2.05) is 41.5 Å². The Hall–Kier alpha value is -1.88. The summed E-state index contributed by atoms with van der Waals surface area (Å²) < 4.78 is 0. The van der Waals surface area contributed by atoms with Gasteiger partial charge in [-0.25, -0.2) is 4.98 Å². The number of aromatic nitrogens is 1. The summed E-state index contributed by atoms with van der Waals surface area (Å²) >= 11 is 1.63. The number of rotatable bonds is 2. The van der Waals surface area contributed by atoms with Crippen LogP contribution in [0.25, 0.3) is 0 Å². The number of carbonyl (C=O) groups is 1.